The van der Waals surface area contributed by atoms with Gasteiger partial charge in [-0.1, -0.05) is 65.0 Å². The molecular formula is C27H46O2. The van der Waals surface area contributed by atoms with Gasteiger partial charge in [-0.25, -0.2) is 0 Å². The van der Waals surface area contributed by atoms with Crippen LogP contribution in [0.3, 0.4) is 0 Å². The summed E-state index contributed by atoms with van der Waals surface area (Å²) in [6.45, 7) is 12.2. The number of allylic oxidation sites excluding steroid dienone is 1. The molecule has 4 aliphatic rings. The van der Waals surface area contributed by atoms with E-state index >= 15 is 0 Å². The summed E-state index contributed by atoms with van der Waals surface area (Å²) in [7, 11) is 0. The molecule has 0 spiro atoms. The van der Waals surface area contributed by atoms with E-state index in [2.05, 4.69) is 34.6 Å². The monoisotopic (exact) mass is 402 g/mol. The maximum absolute atomic E-state index is 11.1. The largest absolute Gasteiger partial charge is 0.393 e. The molecule has 1 unspecified atom stereocenters. The molecule has 166 valence electrons. The van der Waals surface area contributed by atoms with Gasteiger partial charge in [0.2, 0.25) is 0 Å². The minimum absolute atomic E-state index is 0.133. The molecule has 2 saturated carbocycles. The lowest BCUT2D eigenvalue weighted by Gasteiger charge is -2.56. The Kier molecular flexibility index (Phi) is 6.01. The van der Waals surface area contributed by atoms with Gasteiger partial charge in [0.25, 0.3) is 0 Å². The smallest absolute Gasteiger partial charge is 0.0614 e. The van der Waals surface area contributed by atoms with Gasteiger partial charge in [-0.15, -0.1) is 0 Å². The molecule has 0 aromatic carbocycles. The minimum atomic E-state index is -0.251. The van der Waals surface area contributed by atoms with E-state index in [-0.39, 0.29) is 23.5 Å². The SMILES string of the molecule is CC(C)CCC[C@@H](C)[C@H]1CC[C@H]2C3=C(CC[C@]12C)[C@@]1(C)CC[C@H](O)CC1[C@H](O)C3. The first-order valence-corrected chi connectivity index (χ1v) is 12.8. The average molecular weight is 403 g/mol. The lowest BCUT2D eigenvalue weighted by Crippen LogP contribution is -2.50. The van der Waals surface area contributed by atoms with Crippen LogP contribution in [0, 0.1) is 40.4 Å². The van der Waals surface area contributed by atoms with E-state index in [1.807, 2.05) is 0 Å². The Morgan fingerprint density at radius 2 is 1.76 bits per heavy atom. The van der Waals surface area contributed by atoms with Crippen molar-refractivity contribution < 1.29 is 10.2 Å². The summed E-state index contributed by atoms with van der Waals surface area (Å²) < 4.78 is 0. The van der Waals surface area contributed by atoms with Gasteiger partial charge in [-0.3, -0.25) is 0 Å². The summed E-state index contributed by atoms with van der Waals surface area (Å²) in [6, 6.07) is 0. The summed E-state index contributed by atoms with van der Waals surface area (Å²) in [5.41, 5.74) is 3.95. The highest BCUT2D eigenvalue weighted by molar-refractivity contribution is 5.35. The molecule has 0 bridgehead atoms. The van der Waals surface area contributed by atoms with Crippen LogP contribution in [0.2, 0.25) is 0 Å². The van der Waals surface area contributed by atoms with Crippen LogP contribution in [0.15, 0.2) is 11.1 Å². The van der Waals surface area contributed by atoms with Crippen molar-refractivity contribution in [2.75, 3.05) is 0 Å². The first-order valence-electron chi connectivity index (χ1n) is 12.8. The molecule has 29 heavy (non-hydrogen) atoms. The zero-order valence-corrected chi connectivity index (χ0v) is 19.7. The van der Waals surface area contributed by atoms with Gasteiger partial charge in [0.05, 0.1) is 12.2 Å². The fraction of sp³-hybridized carbons (Fsp3) is 0.926. The maximum atomic E-state index is 11.1. The number of hydrogen-bond donors (Lipinski definition) is 2. The van der Waals surface area contributed by atoms with Crippen molar-refractivity contribution in [1.82, 2.24) is 0 Å². The van der Waals surface area contributed by atoms with Crippen LogP contribution in [0.1, 0.15) is 105 Å². The Morgan fingerprint density at radius 1 is 1.00 bits per heavy atom. The van der Waals surface area contributed by atoms with E-state index in [1.165, 1.54) is 44.9 Å². The van der Waals surface area contributed by atoms with Gasteiger partial charge in [-0.2, -0.15) is 0 Å². The highest BCUT2D eigenvalue weighted by Gasteiger charge is 2.57. The predicted molar refractivity (Wildman–Crippen MR) is 121 cm³/mol. The Bertz CT molecular complexity index is 636. The summed E-state index contributed by atoms with van der Waals surface area (Å²) in [5, 5.41) is 21.4. The zero-order valence-electron chi connectivity index (χ0n) is 19.7. The summed E-state index contributed by atoms with van der Waals surface area (Å²) in [6.07, 6.45) is 12.6. The second kappa shape index (κ2) is 7.97. The first kappa shape index (κ1) is 21.9. The van der Waals surface area contributed by atoms with Crippen LogP contribution in [0.4, 0.5) is 0 Å². The third-order valence-corrected chi connectivity index (χ3v) is 10.2. The van der Waals surface area contributed by atoms with E-state index in [0.29, 0.717) is 11.3 Å². The lowest BCUT2D eigenvalue weighted by atomic mass is 9.50. The number of rotatable bonds is 5. The molecule has 2 fully saturated rings. The fourth-order valence-corrected chi connectivity index (χ4v) is 8.51. The van der Waals surface area contributed by atoms with Gasteiger partial charge in [0, 0.05) is 0 Å². The standard InChI is InChI=1S/C27H46O2/c1-17(2)7-6-8-18(3)21-9-10-22-20-16-25(29)24-15-19(28)11-13-27(24,5)23(20)12-14-26(21,22)4/h17-19,21-22,24-25,28-29H,6-16H2,1-5H3/t18-,19+,21-,22+,24?,25-,26-,27-/m1/s1. The molecule has 2 heteroatoms. The molecule has 0 aromatic rings. The van der Waals surface area contributed by atoms with E-state index in [4.69, 9.17) is 0 Å². The number of aliphatic hydroxyl groups excluding tert-OH is 2. The molecule has 0 aliphatic heterocycles. The molecular weight excluding hydrogens is 356 g/mol. The highest BCUT2D eigenvalue weighted by Crippen LogP contribution is 2.66. The number of hydrogen-bond acceptors (Lipinski definition) is 2. The molecule has 0 radical (unpaired) electrons. The average Bonchev–Trinajstić information content (AvgIpc) is 3.00. The van der Waals surface area contributed by atoms with Crippen molar-refractivity contribution >= 4 is 0 Å². The quantitative estimate of drug-likeness (QED) is 0.515. The molecule has 8 atom stereocenters. The van der Waals surface area contributed by atoms with Crippen LogP contribution in [0.25, 0.3) is 0 Å². The van der Waals surface area contributed by atoms with Gasteiger partial charge in [0.15, 0.2) is 0 Å². The Hall–Kier alpha value is -0.340. The van der Waals surface area contributed by atoms with E-state index in [0.717, 1.165) is 43.4 Å². The predicted octanol–water partition coefficient (Wildman–Crippen LogP) is 6.50. The molecule has 0 saturated heterocycles. The zero-order chi connectivity index (χ0) is 21.0. The number of fused-ring (bicyclic) bond motifs is 4. The molecule has 0 heterocycles. The van der Waals surface area contributed by atoms with Gasteiger partial charge in [0.1, 0.15) is 0 Å². The molecule has 0 amide bonds. The van der Waals surface area contributed by atoms with Crippen molar-refractivity contribution in [3.05, 3.63) is 11.1 Å². The Morgan fingerprint density at radius 3 is 2.48 bits per heavy atom. The third-order valence-electron chi connectivity index (χ3n) is 10.2. The van der Waals surface area contributed by atoms with Crippen LogP contribution in [-0.2, 0) is 0 Å². The lowest BCUT2D eigenvalue weighted by molar-refractivity contribution is -0.0516. The van der Waals surface area contributed by atoms with Crippen molar-refractivity contribution in [1.29, 1.82) is 0 Å². The third kappa shape index (κ3) is 3.65. The Labute approximate surface area is 179 Å². The minimum Gasteiger partial charge on any atom is -0.393 e. The number of aliphatic hydroxyl groups is 2. The van der Waals surface area contributed by atoms with Crippen LogP contribution < -0.4 is 0 Å². The molecule has 4 aliphatic carbocycles. The molecule has 2 N–H and O–H groups in total. The maximum Gasteiger partial charge on any atom is 0.0614 e. The summed E-state index contributed by atoms with van der Waals surface area (Å²) >= 11 is 0. The second-order valence-corrected chi connectivity index (χ2v) is 12.3. The van der Waals surface area contributed by atoms with E-state index in [1.54, 1.807) is 11.1 Å². The fourth-order valence-electron chi connectivity index (χ4n) is 8.51. The van der Waals surface area contributed by atoms with Gasteiger partial charge in [-0.05, 0) is 91.8 Å². The van der Waals surface area contributed by atoms with Crippen molar-refractivity contribution in [2.24, 2.45) is 40.4 Å². The van der Waals surface area contributed by atoms with Crippen LogP contribution in [0.5, 0.6) is 0 Å². The van der Waals surface area contributed by atoms with Gasteiger partial charge >= 0.3 is 0 Å². The molecule has 4 rings (SSSR count). The van der Waals surface area contributed by atoms with Crippen LogP contribution in [-0.4, -0.2) is 22.4 Å². The topological polar surface area (TPSA) is 40.5 Å². The van der Waals surface area contributed by atoms with E-state index in [9.17, 15) is 10.2 Å². The molecule has 2 nitrogen and oxygen atoms in total. The second-order valence-electron chi connectivity index (χ2n) is 12.3. The summed E-state index contributed by atoms with van der Waals surface area (Å²) in [5.74, 6) is 3.46. The highest BCUT2D eigenvalue weighted by atomic mass is 16.3. The van der Waals surface area contributed by atoms with Gasteiger partial charge < -0.3 is 10.2 Å². The van der Waals surface area contributed by atoms with Crippen LogP contribution >= 0.6 is 0 Å². The molecule has 0 aromatic heterocycles. The Balaban J connectivity index is 1.56. The van der Waals surface area contributed by atoms with Crippen molar-refractivity contribution in [3.8, 4) is 0 Å². The normalized spacial score (nSPS) is 45.7. The van der Waals surface area contributed by atoms with Crippen molar-refractivity contribution in [3.63, 3.8) is 0 Å². The van der Waals surface area contributed by atoms with E-state index < -0.39 is 0 Å². The first-order chi connectivity index (χ1) is 13.7. The summed E-state index contributed by atoms with van der Waals surface area (Å²) in [4.78, 5) is 0. The van der Waals surface area contributed by atoms with Crippen molar-refractivity contribution in [2.45, 2.75) is 117 Å².